The highest BCUT2D eigenvalue weighted by atomic mass is 16.5. The SMILES string of the molecule is COc1ccc(CCCCC(=O)Nc2cc(OC)ccc2OC)cc1. The largest absolute Gasteiger partial charge is 0.497 e. The number of amides is 1. The van der Waals surface area contributed by atoms with E-state index in [4.69, 9.17) is 14.2 Å². The summed E-state index contributed by atoms with van der Waals surface area (Å²) in [5.74, 6) is 2.12. The van der Waals surface area contributed by atoms with Gasteiger partial charge < -0.3 is 19.5 Å². The zero-order valence-corrected chi connectivity index (χ0v) is 15.0. The molecule has 25 heavy (non-hydrogen) atoms. The molecule has 0 bridgehead atoms. The Labute approximate surface area is 148 Å². The van der Waals surface area contributed by atoms with Gasteiger partial charge in [0, 0.05) is 12.5 Å². The first kappa shape index (κ1) is 18.6. The smallest absolute Gasteiger partial charge is 0.224 e. The third-order valence-electron chi connectivity index (χ3n) is 3.96. The highest BCUT2D eigenvalue weighted by molar-refractivity contribution is 5.92. The van der Waals surface area contributed by atoms with Crippen molar-refractivity contribution in [3.8, 4) is 17.2 Å². The van der Waals surface area contributed by atoms with Crippen LogP contribution in [0.2, 0.25) is 0 Å². The van der Waals surface area contributed by atoms with Gasteiger partial charge in [-0.15, -0.1) is 0 Å². The zero-order chi connectivity index (χ0) is 18.1. The van der Waals surface area contributed by atoms with Crippen molar-refractivity contribution in [2.75, 3.05) is 26.6 Å². The second-order valence-corrected chi connectivity index (χ2v) is 5.67. The number of carbonyl (C=O) groups is 1. The molecular weight excluding hydrogens is 318 g/mol. The number of anilines is 1. The van der Waals surface area contributed by atoms with E-state index in [1.807, 2.05) is 12.1 Å². The van der Waals surface area contributed by atoms with Gasteiger partial charge in [-0.1, -0.05) is 12.1 Å². The Morgan fingerprint density at radius 3 is 2.20 bits per heavy atom. The van der Waals surface area contributed by atoms with Crippen LogP contribution in [0.5, 0.6) is 17.2 Å². The third kappa shape index (κ3) is 5.71. The Bertz CT molecular complexity index is 683. The van der Waals surface area contributed by atoms with Gasteiger partial charge in [-0.3, -0.25) is 4.79 Å². The van der Waals surface area contributed by atoms with E-state index in [1.54, 1.807) is 39.5 Å². The van der Waals surface area contributed by atoms with Gasteiger partial charge in [0.1, 0.15) is 17.2 Å². The quantitative estimate of drug-likeness (QED) is 0.698. The van der Waals surface area contributed by atoms with Gasteiger partial charge in [0.05, 0.1) is 27.0 Å². The number of ether oxygens (including phenoxy) is 3. The molecule has 134 valence electrons. The van der Waals surface area contributed by atoms with Crippen LogP contribution >= 0.6 is 0 Å². The van der Waals surface area contributed by atoms with E-state index in [9.17, 15) is 4.79 Å². The van der Waals surface area contributed by atoms with Gasteiger partial charge in [0.2, 0.25) is 5.91 Å². The molecule has 2 aromatic carbocycles. The van der Waals surface area contributed by atoms with Crippen LogP contribution in [-0.4, -0.2) is 27.2 Å². The first-order chi connectivity index (χ1) is 12.2. The number of methoxy groups -OCH3 is 3. The molecule has 0 aliphatic carbocycles. The number of aryl methyl sites for hydroxylation is 1. The second kappa shape index (κ2) is 9.57. The van der Waals surface area contributed by atoms with Crippen LogP contribution in [0.4, 0.5) is 5.69 Å². The first-order valence-electron chi connectivity index (χ1n) is 8.31. The summed E-state index contributed by atoms with van der Waals surface area (Å²) in [6, 6.07) is 13.4. The fraction of sp³-hybridized carbons (Fsp3) is 0.350. The van der Waals surface area contributed by atoms with Gasteiger partial charge in [0.25, 0.3) is 0 Å². The van der Waals surface area contributed by atoms with E-state index in [1.165, 1.54) is 5.56 Å². The predicted molar refractivity (Wildman–Crippen MR) is 98.7 cm³/mol. The minimum atomic E-state index is -0.0266. The fourth-order valence-electron chi connectivity index (χ4n) is 2.53. The van der Waals surface area contributed by atoms with E-state index in [0.717, 1.165) is 25.0 Å². The van der Waals surface area contributed by atoms with E-state index in [0.29, 0.717) is 23.6 Å². The number of hydrogen-bond donors (Lipinski definition) is 1. The third-order valence-corrected chi connectivity index (χ3v) is 3.96. The van der Waals surface area contributed by atoms with E-state index >= 15 is 0 Å². The van der Waals surface area contributed by atoms with Gasteiger partial charge in [-0.2, -0.15) is 0 Å². The number of hydrogen-bond acceptors (Lipinski definition) is 4. The van der Waals surface area contributed by atoms with Crippen molar-refractivity contribution in [3.63, 3.8) is 0 Å². The molecular formula is C20H25NO4. The molecule has 0 heterocycles. The van der Waals surface area contributed by atoms with Crippen LogP contribution in [0.25, 0.3) is 0 Å². The number of rotatable bonds is 9. The van der Waals surface area contributed by atoms with Crippen LogP contribution in [0.3, 0.4) is 0 Å². The highest BCUT2D eigenvalue weighted by Crippen LogP contribution is 2.29. The van der Waals surface area contributed by atoms with Crippen molar-refractivity contribution < 1.29 is 19.0 Å². The average Bonchev–Trinajstić information content (AvgIpc) is 2.65. The summed E-state index contributed by atoms with van der Waals surface area (Å²) >= 11 is 0. The monoisotopic (exact) mass is 343 g/mol. The Kier molecular flexibility index (Phi) is 7.14. The van der Waals surface area contributed by atoms with Crippen molar-refractivity contribution in [3.05, 3.63) is 48.0 Å². The first-order valence-corrected chi connectivity index (χ1v) is 8.31. The van der Waals surface area contributed by atoms with Crippen LogP contribution < -0.4 is 19.5 Å². The maximum Gasteiger partial charge on any atom is 0.224 e. The van der Waals surface area contributed by atoms with E-state index < -0.39 is 0 Å². The summed E-state index contributed by atoms with van der Waals surface area (Å²) in [6.45, 7) is 0. The summed E-state index contributed by atoms with van der Waals surface area (Å²) in [4.78, 5) is 12.2. The highest BCUT2D eigenvalue weighted by Gasteiger charge is 2.09. The maximum absolute atomic E-state index is 12.2. The van der Waals surface area contributed by atoms with Crippen LogP contribution in [0.1, 0.15) is 24.8 Å². The number of unbranched alkanes of at least 4 members (excludes halogenated alkanes) is 1. The molecule has 5 nitrogen and oxygen atoms in total. The van der Waals surface area contributed by atoms with Crippen molar-refractivity contribution in [1.29, 1.82) is 0 Å². The molecule has 0 spiro atoms. The van der Waals surface area contributed by atoms with Crippen molar-refractivity contribution in [1.82, 2.24) is 0 Å². The summed E-state index contributed by atoms with van der Waals surface area (Å²) in [5, 5.41) is 2.89. The Morgan fingerprint density at radius 2 is 1.56 bits per heavy atom. The second-order valence-electron chi connectivity index (χ2n) is 5.67. The van der Waals surface area contributed by atoms with Gasteiger partial charge in [-0.25, -0.2) is 0 Å². The van der Waals surface area contributed by atoms with Gasteiger partial charge >= 0.3 is 0 Å². The summed E-state index contributed by atoms with van der Waals surface area (Å²) in [6.07, 6.45) is 3.19. The molecule has 0 saturated carbocycles. The lowest BCUT2D eigenvalue weighted by Crippen LogP contribution is -2.12. The Hall–Kier alpha value is -2.69. The summed E-state index contributed by atoms with van der Waals surface area (Å²) < 4.78 is 15.6. The summed E-state index contributed by atoms with van der Waals surface area (Å²) in [7, 11) is 4.82. The van der Waals surface area contributed by atoms with Crippen molar-refractivity contribution in [2.24, 2.45) is 0 Å². The molecule has 2 aromatic rings. The molecule has 0 unspecified atom stereocenters. The van der Waals surface area contributed by atoms with Crippen LogP contribution in [0, 0.1) is 0 Å². The Morgan fingerprint density at radius 1 is 0.880 bits per heavy atom. The lowest BCUT2D eigenvalue weighted by molar-refractivity contribution is -0.116. The molecule has 0 fully saturated rings. The van der Waals surface area contributed by atoms with Crippen LogP contribution in [-0.2, 0) is 11.2 Å². The number of nitrogens with one attached hydrogen (secondary N) is 1. The maximum atomic E-state index is 12.2. The van der Waals surface area contributed by atoms with E-state index in [2.05, 4.69) is 17.4 Å². The molecule has 5 heteroatoms. The molecule has 1 N–H and O–H groups in total. The molecule has 0 saturated heterocycles. The number of benzene rings is 2. The zero-order valence-electron chi connectivity index (χ0n) is 15.0. The van der Waals surface area contributed by atoms with Crippen molar-refractivity contribution >= 4 is 11.6 Å². The lowest BCUT2D eigenvalue weighted by Gasteiger charge is -2.11. The normalized spacial score (nSPS) is 10.2. The van der Waals surface area contributed by atoms with Crippen LogP contribution in [0.15, 0.2) is 42.5 Å². The summed E-state index contributed by atoms with van der Waals surface area (Å²) in [5.41, 5.74) is 1.87. The molecule has 0 aromatic heterocycles. The average molecular weight is 343 g/mol. The number of carbonyl (C=O) groups excluding carboxylic acids is 1. The molecule has 0 aliphatic rings. The minimum Gasteiger partial charge on any atom is -0.497 e. The van der Waals surface area contributed by atoms with Gasteiger partial charge in [-0.05, 0) is 49.1 Å². The standard InChI is InChI=1S/C20H25NO4/c1-23-16-10-8-15(9-11-16)6-4-5-7-20(22)21-18-14-17(24-2)12-13-19(18)25-3/h8-14H,4-7H2,1-3H3,(H,21,22). The predicted octanol–water partition coefficient (Wildman–Crippen LogP) is 4.06. The molecule has 0 radical (unpaired) electrons. The fourth-order valence-corrected chi connectivity index (χ4v) is 2.53. The Balaban J connectivity index is 1.78. The molecule has 0 atom stereocenters. The lowest BCUT2D eigenvalue weighted by atomic mass is 10.1. The minimum absolute atomic E-state index is 0.0266. The van der Waals surface area contributed by atoms with E-state index in [-0.39, 0.29) is 5.91 Å². The molecule has 2 rings (SSSR count). The molecule has 1 amide bonds. The van der Waals surface area contributed by atoms with Gasteiger partial charge in [0.15, 0.2) is 0 Å². The van der Waals surface area contributed by atoms with Crippen molar-refractivity contribution in [2.45, 2.75) is 25.7 Å². The topological polar surface area (TPSA) is 56.8 Å². The molecule has 0 aliphatic heterocycles.